The van der Waals surface area contributed by atoms with Gasteiger partial charge < -0.3 is 20.1 Å². The fourth-order valence-corrected chi connectivity index (χ4v) is 3.81. The molecule has 0 saturated carbocycles. The number of amides is 4. The molecule has 0 aliphatic carbocycles. The molecule has 0 radical (unpaired) electrons. The van der Waals surface area contributed by atoms with Crippen molar-refractivity contribution in [3.05, 3.63) is 59.2 Å². The molecule has 4 rings (SSSR count). The fourth-order valence-electron chi connectivity index (χ4n) is 3.81. The summed E-state index contributed by atoms with van der Waals surface area (Å²) in [6.45, 7) is 7.05. The molecule has 2 heterocycles. The number of rotatable bonds is 5. The van der Waals surface area contributed by atoms with E-state index in [1.54, 1.807) is 25.1 Å². The minimum atomic E-state index is -1.21. The van der Waals surface area contributed by atoms with Crippen molar-refractivity contribution >= 4 is 17.8 Å². The number of carbonyl (C=O) groups is 3. The maximum absolute atomic E-state index is 13.1. The Kier molecular flexibility index (Phi) is 4.88. The first-order chi connectivity index (χ1) is 14.6. The van der Waals surface area contributed by atoms with Crippen molar-refractivity contribution in [3.63, 3.8) is 0 Å². The molecule has 31 heavy (non-hydrogen) atoms. The van der Waals surface area contributed by atoms with Crippen molar-refractivity contribution in [2.75, 3.05) is 13.3 Å². The number of urea groups is 1. The van der Waals surface area contributed by atoms with Crippen LogP contribution in [0.5, 0.6) is 11.5 Å². The molecule has 0 spiro atoms. The normalized spacial score (nSPS) is 20.1. The molecular weight excluding hydrogens is 398 g/mol. The van der Waals surface area contributed by atoms with Crippen molar-refractivity contribution < 1.29 is 23.9 Å². The Morgan fingerprint density at radius 1 is 1.13 bits per heavy atom. The molecule has 2 N–H and O–H groups in total. The average Bonchev–Trinajstić information content (AvgIpc) is 3.26. The maximum atomic E-state index is 13.1. The first kappa shape index (κ1) is 20.7. The molecule has 2 aliphatic heterocycles. The Bertz CT molecular complexity index is 1060. The molecule has 2 aliphatic rings. The van der Waals surface area contributed by atoms with E-state index in [1.165, 1.54) is 0 Å². The van der Waals surface area contributed by atoms with Crippen LogP contribution in [0.3, 0.4) is 0 Å². The van der Waals surface area contributed by atoms with Gasteiger partial charge in [-0.05, 0) is 51.0 Å². The highest BCUT2D eigenvalue weighted by molar-refractivity contribution is 6.09. The van der Waals surface area contributed by atoms with Crippen LogP contribution in [0.1, 0.15) is 37.5 Å². The molecule has 2 aromatic rings. The van der Waals surface area contributed by atoms with Gasteiger partial charge in [0.2, 0.25) is 12.7 Å². The van der Waals surface area contributed by atoms with E-state index in [-0.39, 0.29) is 13.3 Å². The van der Waals surface area contributed by atoms with Gasteiger partial charge in [-0.2, -0.15) is 0 Å². The van der Waals surface area contributed by atoms with Gasteiger partial charge in [-0.3, -0.25) is 14.5 Å². The first-order valence-corrected chi connectivity index (χ1v) is 10.0. The van der Waals surface area contributed by atoms with E-state index in [2.05, 4.69) is 10.6 Å². The second-order valence-corrected chi connectivity index (χ2v) is 8.55. The summed E-state index contributed by atoms with van der Waals surface area (Å²) >= 11 is 0. The second kappa shape index (κ2) is 7.30. The predicted octanol–water partition coefficient (Wildman–Crippen LogP) is 2.54. The summed E-state index contributed by atoms with van der Waals surface area (Å²) in [4.78, 5) is 39.3. The van der Waals surface area contributed by atoms with Crippen molar-refractivity contribution in [2.24, 2.45) is 0 Å². The number of benzene rings is 2. The SMILES string of the molecule is Cc1ccc(C2(C)NC(=O)N(CC(=O)NC(C)(C)c3ccc4c(c3)OCO4)C2=O)cc1. The quantitative estimate of drug-likeness (QED) is 0.721. The molecule has 1 unspecified atom stereocenters. The molecule has 8 heteroatoms. The Morgan fingerprint density at radius 2 is 1.81 bits per heavy atom. The molecule has 4 amide bonds. The number of imide groups is 1. The van der Waals surface area contributed by atoms with E-state index < -0.39 is 28.9 Å². The minimum Gasteiger partial charge on any atom is -0.454 e. The Morgan fingerprint density at radius 3 is 2.52 bits per heavy atom. The smallest absolute Gasteiger partial charge is 0.325 e. The summed E-state index contributed by atoms with van der Waals surface area (Å²) in [6.07, 6.45) is 0. The zero-order valence-corrected chi connectivity index (χ0v) is 17.9. The number of aryl methyl sites for hydroxylation is 1. The van der Waals surface area contributed by atoms with Gasteiger partial charge in [-0.1, -0.05) is 35.9 Å². The third-order valence-electron chi connectivity index (χ3n) is 5.75. The molecule has 1 saturated heterocycles. The largest absolute Gasteiger partial charge is 0.454 e. The number of nitrogens with zero attached hydrogens (tertiary/aromatic N) is 1. The van der Waals surface area contributed by atoms with Gasteiger partial charge in [0.05, 0.1) is 5.54 Å². The first-order valence-electron chi connectivity index (χ1n) is 10.0. The van der Waals surface area contributed by atoms with Crippen molar-refractivity contribution in [1.29, 1.82) is 0 Å². The fraction of sp³-hybridized carbons (Fsp3) is 0.348. The lowest BCUT2D eigenvalue weighted by Crippen LogP contribution is -2.48. The van der Waals surface area contributed by atoms with E-state index >= 15 is 0 Å². The monoisotopic (exact) mass is 423 g/mol. The summed E-state index contributed by atoms with van der Waals surface area (Å²) in [6, 6.07) is 12.2. The lowest BCUT2D eigenvalue weighted by Gasteiger charge is -2.28. The Hall–Kier alpha value is -3.55. The zero-order chi connectivity index (χ0) is 22.4. The molecule has 1 atom stereocenters. The third kappa shape index (κ3) is 3.69. The average molecular weight is 423 g/mol. The van der Waals surface area contributed by atoms with Gasteiger partial charge in [-0.25, -0.2) is 4.79 Å². The number of hydrogen-bond donors (Lipinski definition) is 2. The minimum absolute atomic E-state index is 0.164. The van der Waals surface area contributed by atoms with Crippen LogP contribution in [-0.4, -0.2) is 36.1 Å². The van der Waals surface area contributed by atoms with E-state index in [0.29, 0.717) is 17.1 Å². The van der Waals surface area contributed by atoms with Crippen LogP contribution in [-0.2, 0) is 20.7 Å². The van der Waals surface area contributed by atoms with Crippen molar-refractivity contribution in [2.45, 2.75) is 38.8 Å². The molecular formula is C23H25N3O5. The van der Waals surface area contributed by atoms with Crippen LogP contribution in [0.2, 0.25) is 0 Å². The summed E-state index contributed by atoms with van der Waals surface area (Å²) in [5, 5.41) is 5.62. The van der Waals surface area contributed by atoms with Gasteiger partial charge in [-0.15, -0.1) is 0 Å². The van der Waals surface area contributed by atoms with Crippen LogP contribution in [0.15, 0.2) is 42.5 Å². The maximum Gasteiger partial charge on any atom is 0.325 e. The summed E-state index contributed by atoms with van der Waals surface area (Å²) in [5.41, 5.74) is 0.563. The van der Waals surface area contributed by atoms with E-state index in [0.717, 1.165) is 16.0 Å². The number of ether oxygens (including phenoxy) is 2. The van der Waals surface area contributed by atoms with Gasteiger partial charge in [0.25, 0.3) is 5.91 Å². The van der Waals surface area contributed by atoms with Gasteiger partial charge >= 0.3 is 6.03 Å². The van der Waals surface area contributed by atoms with Crippen molar-refractivity contribution in [1.82, 2.24) is 15.5 Å². The summed E-state index contributed by atoms with van der Waals surface area (Å²) < 4.78 is 10.7. The molecule has 1 fully saturated rings. The molecule has 162 valence electrons. The zero-order valence-electron chi connectivity index (χ0n) is 17.9. The lowest BCUT2D eigenvalue weighted by atomic mass is 9.91. The Balaban J connectivity index is 1.47. The van der Waals surface area contributed by atoms with Crippen LogP contribution < -0.4 is 20.1 Å². The lowest BCUT2D eigenvalue weighted by molar-refractivity contribution is -0.135. The Labute approximate surface area is 180 Å². The standard InChI is InChI=1S/C23H25N3O5/c1-14-5-7-15(8-6-14)23(4)20(28)26(21(29)25-23)12-19(27)24-22(2,3)16-9-10-17-18(11-16)31-13-30-17/h5-11H,12-13H2,1-4H3,(H,24,27)(H,25,29). The highest BCUT2D eigenvalue weighted by Gasteiger charge is 2.49. The number of carbonyl (C=O) groups excluding carboxylic acids is 3. The number of hydrogen-bond acceptors (Lipinski definition) is 5. The number of nitrogens with one attached hydrogen (secondary N) is 2. The van der Waals surface area contributed by atoms with Crippen LogP contribution in [0.4, 0.5) is 4.79 Å². The van der Waals surface area contributed by atoms with E-state index in [4.69, 9.17) is 9.47 Å². The molecule has 8 nitrogen and oxygen atoms in total. The molecule has 2 aromatic carbocycles. The van der Waals surface area contributed by atoms with Gasteiger partial charge in [0.1, 0.15) is 12.1 Å². The molecule has 0 bridgehead atoms. The van der Waals surface area contributed by atoms with Gasteiger partial charge in [0.15, 0.2) is 11.5 Å². The predicted molar refractivity (Wildman–Crippen MR) is 113 cm³/mol. The third-order valence-corrected chi connectivity index (χ3v) is 5.75. The van der Waals surface area contributed by atoms with Crippen LogP contribution in [0.25, 0.3) is 0 Å². The second-order valence-electron chi connectivity index (χ2n) is 8.55. The van der Waals surface area contributed by atoms with Crippen LogP contribution in [0, 0.1) is 6.92 Å². The summed E-state index contributed by atoms with van der Waals surface area (Å²) in [5.74, 6) is 0.361. The van der Waals surface area contributed by atoms with Gasteiger partial charge in [0, 0.05) is 0 Å². The highest BCUT2D eigenvalue weighted by Crippen LogP contribution is 2.35. The summed E-state index contributed by atoms with van der Waals surface area (Å²) in [7, 11) is 0. The number of fused-ring (bicyclic) bond motifs is 1. The van der Waals surface area contributed by atoms with Crippen molar-refractivity contribution in [3.8, 4) is 11.5 Å². The van der Waals surface area contributed by atoms with E-state index in [9.17, 15) is 14.4 Å². The van der Waals surface area contributed by atoms with Crippen LogP contribution >= 0.6 is 0 Å². The highest BCUT2D eigenvalue weighted by atomic mass is 16.7. The topological polar surface area (TPSA) is 97.0 Å². The van der Waals surface area contributed by atoms with E-state index in [1.807, 2.05) is 45.0 Å². The molecule has 0 aromatic heterocycles.